The van der Waals surface area contributed by atoms with Crippen molar-refractivity contribution in [2.75, 3.05) is 0 Å². The number of azide groups is 1. The zero-order valence-corrected chi connectivity index (χ0v) is 19.1. The second-order valence-electron chi connectivity index (χ2n) is 8.79. The maximum Gasteiger partial charge on any atom is 0.417 e. The first kappa shape index (κ1) is 25.2. The number of nitrogens with one attached hydrogen (secondary N) is 1. The van der Waals surface area contributed by atoms with Gasteiger partial charge >= 0.3 is 6.18 Å². The molecular formula is C26H21F5N4O. The zero-order valence-electron chi connectivity index (χ0n) is 19.1. The number of carbonyl (C=O) groups is 1. The van der Waals surface area contributed by atoms with Crippen molar-refractivity contribution < 1.29 is 26.7 Å². The Balaban J connectivity index is 1.74. The minimum Gasteiger partial charge on any atom is -0.345 e. The SMILES string of the molecule is Cc1cc(C(NC(=O)c2cc(CN=[N+]=[N-])cc(-c3ccc(F)cc3C(F)(F)F)c2)C2CC2)ccc1F. The molecule has 3 aromatic rings. The predicted molar refractivity (Wildman–Crippen MR) is 124 cm³/mol. The molecule has 1 N–H and O–H groups in total. The summed E-state index contributed by atoms with van der Waals surface area (Å²) in [5, 5.41) is 6.39. The molecule has 1 aliphatic rings. The van der Waals surface area contributed by atoms with E-state index in [1.807, 2.05) is 0 Å². The molecule has 1 aliphatic carbocycles. The van der Waals surface area contributed by atoms with Crippen molar-refractivity contribution in [3.8, 4) is 11.1 Å². The van der Waals surface area contributed by atoms with Gasteiger partial charge in [0.25, 0.3) is 5.91 Å². The number of benzene rings is 3. The molecular weight excluding hydrogens is 479 g/mol. The van der Waals surface area contributed by atoms with Gasteiger partial charge in [-0.2, -0.15) is 13.2 Å². The third-order valence-electron chi connectivity index (χ3n) is 6.09. The molecule has 0 heterocycles. The highest BCUT2D eigenvalue weighted by Crippen LogP contribution is 2.42. The van der Waals surface area contributed by atoms with Crippen molar-refractivity contribution in [1.29, 1.82) is 0 Å². The molecule has 1 fully saturated rings. The fraction of sp³-hybridized carbons (Fsp3) is 0.269. The van der Waals surface area contributed by atoms with Crippen molar-refractivity contribution >= 4 is 5.91 Å². The topological polar surface area (TPSA) is 77.9 Å². The van der Waals surface area contributed by atoms with E-state index in [0.717, 1.165) is 30.5 Å². The van der Waals surface area contributed by atoms with E-state index < -0.39 is 29.5 Å². The summed E-state index contributed by atoms with van der Waals surface area (Å²) >= 11 is 0. The normalized spacial score (nSPS) is 14.2. The molecule has 0 radical (unpaired) electrons. The molecule has 0 aromatic heterocycles. The van der Waals surface area contributed by atoms with Crippen LogP contribution in [0, 0.1) is 24.5 Å². The fourth-order valence-electron chi connectivity index (χ4n) is 4.17. The third-order valence-corrected chi connectivity index (χ3v) is 6.09. The highest BCUT2D eigenvalue weighted by Gasteiger charge is 2.35. The van der Waals surface area contributed by atoms with Crippen LogP contribution >= 0.6 is 0 Å². The monoisotopic (exact) mass is 500 g/mol. The lowest BCUT2D eigenvalue weighted by Crippen LogP contribution is -2.30. The van der Waals surface area contributed by atoms with Gasteiger partial charge in [0.1, 0.15) is 11.6 Å². The number of hydrogen-bond acceptors (Lipinski definition) is 2. The summed E-state index contributed by atoms with van der Waals surface area (Å²) in [4.78, 5) is 16.0. The summed E-state index contributed by atoms with van der Waals surface area (Å²) in [7, 11) is 0. The van der Waals surface area contributed by atoms with Crippen molar-refractivity contribution in [2.24, 2.45) is 11.0 Å². The van der Waals surface area contributed by atoms with Crippen LogP contribution in [0.25, 0.3) is 21.6 Å². The number of hydrogen-bond donors (Lipinski definition) is 1. The molecule has 5 nitrogen and oxygen atoms in total. The summed E-state index contributed by atoms with van der Waals surface area (Å²) in [5.74, 6) is -1.81. The first-order valence-corrected chi connectivity index (χ1v) is 11.2. The van der Waals surface area contributed by atoms with Crippen LogP contribution in [0.3, 0.4) is 0 Å². The van der Waals surface area contributed by atoms with Crippen LogP contribution in [0.5, 0.6) is 0 Å². The van der Waals surface area contributed by atoms with E-state index in [-0.39, 0.29) is 35.0 Å². The van der Waals surface area contributed by atoms with Crippen LogP contribution in [0.15, 0.2) is 59.7 Å². The highest BCUT2D eigenvalue weighted by molar-refractivity contribution is 5.96. The summed E-state index contributed by atoms with van der Waals surface area (Å²) in [6.45, 7) is 1.42. The van der Waals surface area contributed by atoms with E-state index in [0.29, 0.717) is 17.2 Å². The smallest absolute Gasteiger partial charge is 0.345 e. The molecule has 4 rings (SSSR count). The second-order valence-corrected chi connectivity index (χ2v) is 8.79. The van der Waals surface area contributed by atoms with Crippen LogP contribution in [-0.2, 0) is 12.7 Å². The van der Waals surface area contributed by atoms with Gasteiger partial charge in [0, 0.05) is 10.5 Å². The maximum absolute atomic E-state index is 13.8. The van der Waals surface area contributed by atoms with E-state index in [9.17, 15) is 26.7 Å². The number of amides is 1. The summed E-state index contributed by atoms with van der Waals surface area (Å²) < 4.78 is 68.4. The Labute approximate surface area is 203 Å². The molecule has 10 heteroatoms. The lowest BCUT2D eigenvalue weighted by molar-refractivity contribution is -0.137. The maximum atomic E-state index is 13.8. The number of nitrogens with zero attached hydrogens (tertiary/aromatic N) is 3. The predicted octanol–water partition coefficient (Wildman–Crippen LogP) is 7.65. The van der Waals surface area contributed by atoms with Gasteiger partial charge in [-0.25, -0.2) is 8.78 Å². The van der Waals surface area contributed by atoms with Crippen molar-refractivity contribution in [1.82, 2.24) is 5.32 Å². The Morgan fingerprint density at radius 2 is 1.86 bits per heavy atom. The molecule has 1 unspecified atom stereocenters. The van der Waals surface area contributed by atoms with E-state index in [1.165, 1.54) is 24.3 Å². The first-order chi connectivity index (χ1) is 17.1. The van der Waals surface area contributed by atoms with Gasteiger partial charge in [0.05, 0.1) is 18.2 Å². The number of alkyl halides is 3. The second kappa shape index (κ2) is 9.99. The van der Waals surface area contributed by atoms with Crippen LogP contribution in [0.2, 0.25) is 0 Å². The minimum atomic E-state index is -4.84. The minimum absolute atomic E-state index is 0.0266. The standard InChI is InChI=1S/C26H21F5N4O/c1-14-8-17(4-7-23(14)28)24(16-2-3-16)34-25(36)19-10-15(13-33-35-32)9-18(11-19)21-6-5-20(27)12-22(21)26(29,30)31/h4-12,16,24H,2-3,13H2,1H3,(H,34,36). The molecule has 36 heavy (non-hydrogen) atoms. The lowest BCUT2D eigenvalue weighted by atomic mass is 9.94. The summed E-state index contributed by atoms with van der Waals surface area (Å²) in [6, 6.07) is 10.6. The first-order valence-electron chi connectivity index (χ1n) is 11.2. The quantitative estimate of drug-likeness (QED) is 0.154. The van der Waals surface area contributed by atoms with E-state index >= 15 is 0 Å². The van der Waals surface area contributed by atoms with Gasteiger partial charge < -0.3 is 5.32 Å². The van der Waals surface area contributed by atoms with E-state index in [2.05, 4.69) is 15.3 Å². The average molecular weight is 500 g/mol. The Hall–Kier alpha value is -3.91. The summed E-state index contributed by atoms with van der Waals surface area (Å²) in [5.41, 5.74) is 8.75. The van der Waals surface area contributed by atoms with Crippen molar-refractivity contribution in [2.45, 2.75) is 38.5 Å². The molecule has 0 aliphatic heterocycles. The fourth-order valence-corrected chi connectivity index (χ4v) is 4.17. The molecule has 0 bridgehead atoms. The molecule has 1 atom stereocenters. The van der Waals surface area contributed by atoms with Gasteiger partial charge in [-0.1, -0.05) is 29.4 Å². The van der Waals surface area contributed by atoms with E-state index in [4.69, 9.17) is 5.53 Å². The molecule has 1 saturated carbocycles. The number of aryl methyl sites for hydroxylation is 1. The number of halogens is 5. The molecule has 0 spiro atoms. The van der Waals surface area contributed by atoms with Crippen LogP contribution < -0.4 is 5.32 Å². The van der Waals surface area contributed by atoms with Crippen molar-refractivity contribution in [3.05, 3.63) is 104 Å². The van der Waals surface area contributed by atoms with Gasteiger partial charge in [0.15, 0.2) is 0 Å². The van der Waals surface area contributed by atoms with Crippen LogP contribution in [0.4, 0.5) is 22.0 Å². The summed E-state index contributed by atoms with van der Waals surface area (Å²) in [6.07, 6.45) is -3.10. The van der Waals surface area contributed by atoms with E-state index in [1.54, 1.807) is 19.1 Å². The molecule has 186 valence electrons. The Morgan fingerprint density at radius 3 is 2.50 bits per heavy atom. The van der Waals surface area contributed by atoms with Gasteiger partial charge in [-0.15, -0.1) is 0 Å². The zero-order chi connectivity index (χ0) is 26.0. The molecule has 3 aromatic carbocycles. The van der Waals surface area contributed by atoms with Crippen LogP contribution in [0.1, 0.15) is 51.5 Å². The molecule has 0 saturated heterocycles. The van der Waals surface area contributed by atoms with Gasteiger partial charge in [-0.3, -0.25) is 4.79 Å². The lowest BCUT2D eigenvalue weighted by Gasteiger charge is -2.20. The Morgan fingerprint density at radius 1 is 1.11 bits per heavy atom. The van der Waals surface area contributed by atoms with Gasteiger partial charge in [0.2, 0.25) is 0 Å². The third kappa shape index (κ3) is 5.66. The average Bonchev–Trinajstić information content (AvgIpc) is 3.67. The van der Waals surface area contributed by atoms with Crippen molar-refractivity contribution in [3.63, 3.8) is 0 Å². The molecule has 1 amide bonds. The highest BCUT2D eigenvalue weighted by atomic mass is 19.4. The number of rotatable bonds is 7. The van der Waals surface area contributed by atoms with Crippen LogP contribution in [-0.4, -0.2) is 5.91 Å². The Bertz CT molecular complexity index is 1360. The number of carbonyl (C=O) groups excluding carboxylic acids is 1. The Kier molecular flexibility index (Phi) is 6.99. The largest absolute Gasteiger partial charge is 0.417 e. The van der Waals surface area contributed by atoms with Gasteiger partial charge in [-0.05, 0) is 89.4 Å².